The number of amides is 1. The largest absolute Gasteiger partial charge is 0.319 e. The normalized spacial score (nSPS) is 10.5. The van der Waals surface area contributed by atoms with Gasteiger partial charge in [-0.05, 0) is 30.2 Å². The maximum absolute atomic E-state index is 12.2. The van der Waals surface area contributed by atoms with Crippen LogP contribution in [0.4, 0.5) is 5.69 Å². The first-order valence-electron chi connectivity index (χ1n) is 7.26. The van der Waals surface area contributed by atoms with E-state index in [1.807, 2.05) is 12.1 Å². The summed E-state index contributed by atoms with van der Waals surface area (Å²) in [6, 6.07) is 15.1. The Labute approximate surface area is 139 Å². The molecule has 0 aliphatic heterocycles. The predicted octanol–water partition coefficient (Wildman–Crippen LogP) is 4.15. The van der Waals surface area contributed by atoms with Crippen LogP contribution in [0.1, 0.15) is 21.5 Å². The molecule has 1 heterocycles. The van der Waals surface area contributed by atoms with E-state index in [4.69, 9.17) is 11.6 Å². The van der Waals surface area contributed by atoms with E-state index in [0.29, 0.717) is 22.8 Å². The SMILES string of the molecule is Cc1ccccc1Cn1cc(NC(=O)c2ccccc2Cl)cn1. The lowest BCUT2D eigenvalue weighted by Gasteiger charge is -2.06. The molecule has 0 aliphatic carbocycles. The summed E-state index contributed by atoms with van der Waals surface area (Å²) in [5.41, 5.74) is 3.49. The number of anilines is 1. The number of aryl methyl sites for hydroxylation is 1. The quantitative estimate of drug-likeness (QED) is 0.783. The summed E-state index contributed by atoms with van der Waals surface area (Å²) in [6.45, 7) is 2.73. The summed E-state index contributed by atoms with van der Waals surface area (Å²) in [7, 11) is 0. The van der Waals surface area contributed by atoms with Crippen molar-refractivity contribution in [2.24, 2.45) is 0 Å². The van der Waals surface area contributed by atoms with E-state index in [-0.39, 0.29) is 5.91 Å². The van der Waals surface area contributed by atoms with Crippen molar-refractivity contribution in [2.75, 3.05) is 5.32 Å². The van der Waals surface area contributed by atoms with Gasteiger partial charge in [-0.15, -0.1) is 0 Å². The first-order chi connectivity index (χ1) is 11.1. The molecular formula is C18H16ClN3O. The molecule has 3 aromatic rings. The second-order valence-electron chi connectivity index (χ2n) is 5.29. The summed E-state index contributed by atoms with van der Waals surface area (Å²) in [5.74, 6) is -0.244. The summed E-state index contributed by atoms with van der Waals surface area (Å²) >= 11 is 6.03. The number of rotatable bonds is 4. The molecule has 0 unspecified atom stereocenters. The van der Waals surface area contributed by atoms with Crippen molar-refractivity contribution >= 4 is 23.2 Å². The fourth-order valence-electron chi connectivity index (χ4n) is 2.32. The third-order valence-electron chi connectivity index (χ3n) is 3.60. The molecule has 0 bridgehead atoms. The van der Waals surface area contributed by atoms with Gasteiger partial charge >= 0.3 is 0 Å². The van der Waals surface area contributed by atoms with Crippen molar-refractivity contribution in [1.29, 1.82) is 0 Å². The van der Waals surface area contributed by atoms with Crippen molar-refractivity contribution in [3.63, 3.8) is 0 Å². The average molecular weight is 326 g/mol. The molecule has 3 rings (SSSR count). The molecule has 0 radical (unpaired) electrons. The van der Waals surface area contributed by atoms with Crippen LogP contribution in [0.3, 0.4) is 0 Å². The van der Waals surface area contributed by atoms with Gasteiger partial charge in [-0.25, -0.2) is 0 Å². The minimum atomic E-state index is -0.244. The molecule has 1 amide bonds. The van der Waals surface area contributed by atoms with Crippen molar-refractivity contribution in [1.82, 2.24) is 9.78 Å². The molecule has 0 aliphatic rings. The Morgan fingerprint density at radius 1 is 1.17 bits per heavy atom. The Hall–Kier alpha value is -2.59. The predicted molar refractivity (Wildman–Crippen MR) is 91.9 cm³/mol. The average Bonchev–Trinajstić information content (AvgIpc) is 2.97. The Balaban J connectivity index is 1.72. The molecule has 2 aromatic carbocycles. The van der Waals surface area contributed by atoms with Gasteiger partial charge in [-0.2, -0.15) is 5.10 Å². The van der Waals surface area contributed by atoms with Crippen molar-refractivity contribution < 1.29 is 4.79 Å². The molecule has 5 heteroatoms. The Morgan fingerprint density at radius 3 is 2.70 bits per heavy atom. The standard InChI is InChI=1S/C18H16ClN3O/c1-13-6-2-3-7-14(13)11-22-12-15(10-20-22)21-18(23)16-8-4-5-9-17(16)19/h2-10,12H,11H2,1H3,(H,21,23). The molecule has 23 heavy (non-hydrogen) atoms. The topological polar surface area (TPSA) is 46.9 Å². The Kier molecular flexibility index (Phi) is 4.44. The van der Waals surface area contributed by atoms with Crippen LogP contribution in [0.15, 0.2) is 60.9 Å². The Bertz CT molecular complexity index is 842. The van der Waals surface area contributed by atoms with Gasteiger partial charge in [0.2, 0.25) is 0 Å². The van der Waals surface area contributed by atoms with Crippen LogP contribution < -0.4 is 5.32 Å². The maximum atomic E-state index is 12.2. The van der Waals surface area contributed by atoms with Gasteiger partial charge in [-0.3, -0.25) is 9.48 Å². The van der Waals surface area contributed by atoms with Gasteiger partial charge in [0, 0.05) is 6.20 Å². The first-order valence-corrected chi connectivity index (χ1v) is 7.64. The molecule has 116 valence electrons. The molecule has 1 N–H and O–H groups in total. The minimum absolute atomic E-state index is 0.244. The molecule has 0 saturated heterocycles. The lowest BCUT2D eigenvalue weighted by Crippen LogP contribution is -2.11. The third kappa shape index (κ3) is 3.60. The summed E-state index contributed by atoms with van der Waals surface area (Å²) < 4.78 is 1.80. The molecule has 0 spiro atoms. The summed E-state index contributed by atoms with van der Waals surface area (Å²) in [5, 5.41) is 7.53. The van der Waals surface area contributed by atoms with E-state index in [2.05, 4.69) is 29.5 Å². The van der Waals surface area contributed by atoms with E-state index in [1.165, 1.54) is 11.1 Å². The van der Waals surface area contributed by atoms with Crippen LogP contribution in [-0.2, 0) is 6.54 Å². The van der Waals surface area contributed by atoms with Gasteiger partial charge in [0.05, 0.1) is 29.0 Å². The number of aromatic nitrogens is 2. The van der Waals surface area contributed by atoms with Gasteiger partial charge in [0.1, 0.15) is 0 Å². The second-order valence-corrected chi connectivity index (χ2v) is 5.69. The van der Waals surface area contributed by atoms with Gasteiger partial charge < -0.3 is 5.32 Å². The first kappa shape index (κ1) is 15.3. The van der Waals surface area contributed by atoms with Gasteiger partial charge in [0.25, 0.3) is 5.91 Å². The second kappa shape index (κ2) is 6.67. The van der Waals surface area contributed by atoms with E-state index < -0.39 is 0 Å². The highest BCUT2D eigenvalue weighted by Crippen LogP contribution is 2.17. The zero-order valence-corrected chi connectivity index (χ0v) is 13.4. The highest BCUT2D eigenvalue weighted by Gasteiger charge is 2.11. The number of carbonyl (C=O) groups is 1. The molecular weight excluding hydrogens is 310 g/mol. The molecule has 1 aromatic heterocycles. The van der Waals surface area contributed by atoms with Crippen molar-refractivity contribution in [2.45, 2.75) is 13.5 Å². The smallest absolute Gasteiger partial charge is 0.257 e. The monoisotopic (exact) mass is 325 g/mol. The number of carbonyl (C=O) groups excluding carboxylic acids is 1. The van der Waals surface area contributed by atoms with Crippen LogP contribution in [-0.4, -0.2) is 15.7 Å². The van der Waals surface area contributed by atoms with Gasteiger partial charge in [0.15, 0.2) is 0 Å². The van der Waals surface area contributed by atoms with Gasteiger partial charge in [-0.1, -0.05) is 48.0 Å². The van der Waals surface area contributed by atoms with Crippen LogP contribution >= 0.6 is 11.6 Å². The van der Waals surface area contributed by atoms with Crippen molar-refractivity contribution in [3.05, 3.63) is 82.6 Å². The van der Waals surface area contributed by atoms with Crippen molar-refractivity contribution in [3.8, 4) is 0 Å². The fourth-order valence-corrected chi connectivity index (χ4v) is 2.54. The third-order valence-corrected chi connectivity index (χ3v) is 3.93. The fraction of sp³-hybridized carbons (Fsp3) is 0.111. The van der Waals surface area contributed by atoms with Crippen LogP contribution in [0.5, 0.6) is 0 Å². The maximum Gasteiger partial charge on any atom is 0.257 e. The van der Waals surface area contributed by atoms with E-state index in [9.17, 15) is 4.79 Å². The molecule has 4 nitrogen and oxygen atoms in total. The zero-order valence-electron chi connectivity index (χ0n) is 12.7. The molecule has 0 saturated carbocycles. The van der Waals surface area contributed by atoms with E-state index in [1.54, 1.807) is 41.3 Å². The number of benzene rings is 2. The number of hydrogen-bond donors (Lipinski definition) is 1. The lowest BCUT2D eigenvalue weighted by atomic mass is 10.1. The number of halogens is 1. The minimum Gasteiger partial charge on any atom is -0.319 e. The number of nitrogens with zero attached hydrogens (tertiary/aromatic N) is 2. The van der Waals surface area contributed by atoms with E-state index >= 15 is 0 Å². The lowest BCUT2D eigenvalue weighted by molar-refractivity contribution is 0.102. The Morgan fingerprint density at radius 2 is 1.91 bits per heavy atom. The highest BCUT2D eigenvalue weighted by atomic mass is 35.5. The summed E-state index contributed by atoms with van der Waals surface area (Å²) in [6.07, 6.45) is 3.44. The number of nitrogens with one attached hydrogen (secondary N) is 1. The zero-order chi connectivity index (χ0) is 16.2. The molecule has 0 fully saturated rings. The van der Waals surface area contributed by atoms with E-state index in [0.717, 1.165) is 0 Å². The molecule has 0 atom stereocenters. The van der Waals surface area contributed by atoms with Crippen LogP contribution in [0, 0.1) is 6.92 Å². The number of hydrogen-bond acceptors (Lipinski definition) is 2. The van der Waals surface area contributed by atoms with Crippen LogP contribution in [0.2, 0.25) is 5.02 Å². The van der Waals surface area contributed by atoms with Crippen LogP contribution in [0.25, 0.3) is 0 Å². The highest BCUT2D eigenvalue weighted by molar-refractivity contribution is 6.34. The summed E-state index contributed by atoms with van der Waals surface area (Å²) in [4.78, 5) is 12.2.